The van der Waals surface area contributed by atoms with E-state index in [1.54, 1.807) is 0 Å². The third kappa shape index (κ3) is 2.72. The van der Waals surface area contributed by atoms with E-state index in [9.17, 15) is 0 Å². The van der Waals surface area contributed by atoms with Crippen LogP contribution in [0.3, 0.4) is 0 Å². The third-order valence-corrected chi connectivity index (χ3v) is 4.99. The highest BCUT2D eigenvalue weighted by atomic mass is 16.5. The normalized spacial score (nSPS) is 30.2. The van der Waals surface area contributed by atoms with Gasteiger partial charge in [-0.2, -0.15) is 0 Å². The quantitative estimate of drug-likeness (QED) is 0.811. The summed E-state index contributed by atoms with van der Waals surface area (Å²) in [4.78, 5) is 5.16. The second kappa shape index (κ2) is 5.87. The molecule has 0 aromatic rings. The Morgan fingerprint density at radius 3 is 2.39 bits per heavy atom. The first-order valence-electron chi connectivity index (χ1n) is 7.33. The van der Waals surface area contributed by atoms with Crippen LogP contribution < -0.4 is 5.73 Å². The second-order valence-electron chi connectivity index (χ2n) is 6.15. The molecule has 0 spiro atoms. The van der Waals surface area contributed by atoms with E-state index in [4.69, 9.17) is 10.5 Å². The van der Waals surface area contributed by atoms with Crippen LogP contribution in [-0.4, -0.2) is 67.3 Å². The monoisotopic (exact) mass is 255 g/mol. The van der Waals surface area contributed by atoms with Crippen molar-refractivity contribution in [1.29, 1.82) is 0 Å². The second-order valence-corrected chi connectivity index (χ2v) is 6.15. The topological polar surface area (TPSA) is 41.7 Å². The van der Waals surface area contributed by atoms with Crippen molar-refractivity contribution in [2.24, 2.45) is 5.73 Å². The van der Waals surface area contributed by atoms with Crippen molar-refractivity contribution in [3.8, 4) is 0 Å². The number of likely N-dealkylation sites (tertiary alicyclic amines) is 2. The number of nitrogens with zero attached hydrogens (tertiary/aromatic N) is 2. The highest BCUT2D eigenvalue weighted by molar-refractivity contribution is 4.99. The lowest BCUT2D eigenvalue weighted by Crippen LogP contribution is -2.59. The summed E-state index contributed by atoms with van der Waals surface area (Å²) in [6, 6.07) is 0.658. The van der Waals surface area contributed by atoms with Crippen molar-refractivity contribution in [3.63, 3.8) is 0 Å². The van der Waals surface area contributed by atoms with Crippen molar-refractivity contribution < 1.29 is 4.74 Å². The van der Waals surface area contributed by atoms with Gasteiger partial charge in [-0.25, -0.2) is 0 Å². The lowest BCUT2D eigenvalue weighted by atomic mass is 9.85. The summed E-state index contributed by atoms with van der Waals surface area (Å²) in [6.45, 7) is 9.94. The largest absolute Gasteiger partial charge is 0.380 e. The average Bonchev–Trinajstić information content (AvgIpc) is 2.88. The summed E-state index contributed by atoms with van der Waals surface area (Å²) in [5.74, 6) is 0. The van der Waals surface area contributed by atoms with Gasteiger partial charge >= 0.3 is 0 Å². The zero-order valence-electron chi connectivity index (χ0n) is 12.2. The predicted molar refractivity (Wildman–Crippen MR) is 74.7 cm³/mol. The Labute approximate surface area is 111 Å². The third-order valence-electron chi connectivity index (χ3n) is 4.99. The van der Waals surface area contributed by atoms with Crippen molar-refractivity contribution in [2.75, 3.05) is 39.8 Å². The van der Waals surface area contributed by atoms with E-state index in [1.165, 1.54) is 25.9 Å². The Hall–Kier alpha value is -0.160. The minimum atomic E-state index is 0.235. The molecule has 4 heteroatoms. The molecule has 18 heavy (non-hydrogen) atoms. The number of piperidine rings is 1. The summed E-state index contributed by atoms with van der Waals surface area (Å²) in [5, 5.41) is 0. The molecule has 0 radical (unpaired) electrons. The highest BCUT2D eigenvalue weighted by Gasteiger charge is 2.42. The Morgan fingerprint density at radius 2 is 1.94 bits per heavy atom. The molecule has 0 bridgehead atoms. The standard InChI is InChI=1S/C14H29N3O/c1-12(2)16-8-5-14(11-15,6-9-16)17-7-4-13(10-17)18-3/h12-13H,4-11,15H2,1-3H3. The molecule has 2 aliphatic rings. The molecule has 2 saturated heterocycles. The Morgan fingerprint density at radius 1 is 1.28 bits per heavy atom. The van der Waals surface area contributed by atoms with E-state index in [0.717, 1.165) is 26.1 Å². The van der Waals surface area contributed by atoms with Gasteiger partial charge in [-0.15, -0.1) is 0 Å². The molecule has 2 heterocycles. The van der Waals surface area contributed by atoms with Gasteiger partial charge in [-0.05, 0) is 33.1 Å². The van der Waals surface area contributed by atoms with Gasteiger partial charge in [0.05, 0.1) is 6.10 Å². The summed E-state index contributed by atoms with van der Waals surface area (Å²) in [5.41, 5.74) is 6.36. The van der Waals surface area contributed by atoms with E-state index in [2.05, 4.69) is 23.6 Å². The lowest BCUT2D eigenvalue weighted by Gasteiger charge is -2.48. The maximum Gasteiger partial charge on any atom is 0.0710 e. The zero-order chi connectivity index (χ0) is 13.2. The number of ether oxygens (including phenoxy) is 1. The van der Waals surface area contributed by atoms with Crippen LogP contribution in [0.2, 0.25) is 0 Å². The molecule has 2 N–H and O–H groups in total. The van der Waals surface area contributed by atoms with Gasteiger partial charge < -0.3 is 15.4 Å². The van der Waals surface area contributed by atoms with E-state index in [1.807, 2.05) is 7.11 Å². The summed E-state index contributed by atoms with van der Waals surface area (Å²) in [6.07, 6.45) is 3.99. The highest BCUT2D eigenvalue weighted by Crippen LogP contribution is 2.32. The minimum Gasteiger partial charge on any atom is -0.380 e. The van der Waals surface area contributed by atoms with Crippen molar-refractivity contribution in [2.45, 2.75) is 50.8 Å². The molecule has 0 amide bonds. The number of hydrogen-bond acceptors (Lipinski definition) is 4. The molecule has 1 unspecified atom stereocenters. The van der Waals surface area contributed by atoms with Crippen LogP contribution in [-0.2, 0) is 4.74 Å². The number of hydrogen-bond donors (Lipinski definition) is 1. The fourth-order valence-corrected chi connectivity index (χ4v) is 3.46. The van der Waals surface area contributed by atoms with Crippen LogP contribution in [0.25, 0.3) is 0 Å². The van der Waals surface area contributed by atoms with Crippen LogP contribution in [0, 0.1) is 0 Å². The zero-order valence-corrected chi connectivity index (χ0v) is 12.2. The SMILES string of the molecule is COC1CCN(C2(CN)CCN(C(C)C)CC2)C1. The van der Waals surface area contributed by atoms with Crippen LogP contribution >= 0.6 is 0 Å². The maximum atomic E-state index is 6.13. The first-order chi connectivity index (χ1) is 8.61. The molecule has 4 nitrogen and oxygen atoms in total. The molecule has 0 aliphatic carbocycles. The van der Waals surface area contributed by atoms with E-state index in [0.29, 0.717) is 12.1 Å². The maximum absolute atomic E-state index is 6.13. The van der Waals surface area contributed by atoms with Crippen LogP contribution in [0.4, 0.5) is 0 Å². The fraction of sp³-hybridized carbons (Fsp3) is 1.00. The first-order valence-corrected chi connectivity index (χ1v) is 7.33. The lowest BCUT2D eigenvalue weighted by molar-refractivity contribution is 0.0197. The van der Waals surface area contributed by atoms with Crippen LogP contribution in [0.1, 0.15) is 33.1 Å². The summed E-state index contributed by atoms with van der Waals surface area (Å²) in [7, 11) is 1.82. The molecule has 0 saturated carbocycles. The Balaban J connectivity index is 1.96. The Kier molecular flexibility index (Phi) is 4.64. The Bertz CT molecular complexity index is 262. The average molecular weight is 255 g/mol. The van der Waals surface area contributed by atoms with Gasteiger partial charge in [0.15, 0.2) is 0 Å². The van der Waals surface area contributed by atoms with Gasteiger partial charge in [0, 0.05) is 51.4 Å². The van der Waals surface area contributed by atoms with Crippen LogP contribution in [0.5, 0.6) is 0 Å². The molecule has 0 aromatic heterocycles. The van der Waals surface area contributed by atoms with Crippen molar-refractivity contribution >= 4 is 0 Å². The summed E-state index contributed by atoms with van der Waals surface area (Å²) < 4.78 is 5.49. The molecule has 2 rings (SSSR count). The van der Waals surface area contributed by atoms with Gasteiger partial charge in [0.2, 0.25) is 0 Å². The van der Waals surface area contributed by atoms with Gasteiger partial charge in [0.25, 0.3) is 0 Å². The van der Waals surface area contributed by atoms with Crippen molar-refractivity contribution in [1.82, 2.24) is 9.80 Å². The smallest absolute Gasteiger partial charge is 0.0710 e. The molecule has 0 aromatic carbocycles. The molecular formula is C14H29N3O. The molecule has 106 valence electrons. The molecule has 2 aliphatic heterocycles. The number of methoxy groups -OCH3 is 1. The van der Waals surface area contributed by atoms with Gasteiger partial charge in [0.1, 0.15) is 0 Å². The fourth-order valence-electron chi connectivity index (χ4n) is 3.46. The summed E-state index contributed by atoms with van der Waals surface area (Å²) >= 11 is 0. The molecule has 1 atom stereocenters. The number of rotatable bonds is 4. The molecular weight excluding hydrogens is 226 g/mol. The van der Waals surface area contributed by atoms with E-state index in [-0.39, 0.29) is 5.54 Å². The van der Waals surface area contributed by atoms with E-state index < -0.39 is 0 Å². The van der Waals surface area contributed by atoms with Gasteiger partial charge in [-0.3, -0.25) is 4.90 Å². The first kappa shape index (κ1) is 14.3. The number of nitrogens with two attached hydrogens (primary N) is 1. The van der Waals surface area contributed by atoms with Crippen LogP contribution in [0.15, 0.2) is 0 Å². The van der Waals surface area contributed by atoms with E-state index >= 15 is 0 Å². The minimum absolute atomic E-state index is 0.235. The predicted octanol–water partition coefficient (Wildman–Crippen LogP) is 0.909. The molecule has 2 fully saturated rings. The van der Waals surface area contributed by atoms with Gasteiger partial charge in [-0.1, -0.05) is 0 Å². The van der Waals surface area contributed by atoms with Crippen molar-refractivity contribution in [3.05, 3.63) is 0 Å².